The second-order valence-corrected chi connectivity index (χ2v) is 12.9. The highest BCUT2D eigenvalue weighted by Gasteiger charge is 2.20. The Balaban J connectivity index is 1.20. The zero-order chi connectivity index (χ0) is 34.0. The Kier molecular flexibility index (Phi) is 12.2. The summed E-state index contributed by atoms with van der Waals surface area (Å²) in [7, 11) is -2.37. The largest absolute Gasteiger partial charge is 0.475 e. The minimum atomic E-state index is -3.71. The molecule has 2 aromatic carbocycles. The number of aryl methyl sites for hydroxylation is 1. The molecule has 0 bridgehead atoms. The van der Waals surface area contributed by atoms with Gasteiger partial charge in [-0.3, -0.25) is 19.6 Å². The molecule has 2 heterocycles. The number of nitrogens with one attached hydrogen (secondary N) is 3. The van der Waals surface area contributed by atoms with E-state index in [1.807, 2.05) is 0 Å². The van der Waals surface area contributed by atoms with Crippen molar-refractivity contribution in [2.75, 3.05) is 24.3 Å². The summed E-state index contributed by atoms with van der Waals surface area (Å²) in [5, 5.41) is 20.9. The first kappa shape index (κ1) is 35.2. The van der Waals surface area contributed by atoms with Crippen LogP contribution in [-0.4, -0.2) is 52.7 Å². The number of sulfonamides is 1. The van der Waals surface area contributed by atoms with Crippen molar-refractivity contribution in [1.29, 1.82) is 0 Å². The van der Waals surface area contributed by atoms with Gasteiger partial charge in [-0.05, 0) is 65.2 Å². The summed E-state index contributed by atoms with van der Waals surface area (Å²) < 4.78 is 49.2. The third-order valence-corrected chi connectivity index (χ3v) is 8.94. The number of nitrogens with two attached hydrogens (primary N) is 1. The lowest BCUT2D eigenvalue weighted by Gasteiger charge is -2.13. The fourth-order valence-corrected chi connectivity index (χ4v) is 5.91. The molecule has 0 unspecified atom stereocenters. The molecule has 1 amide bonds. The maximum atomic E-state index is 14.2. The van der Waals surface area contributed by atoms with E-state index in [4.69, 9.17) is 10.5 Å². The van der Waals surface area contributed by atoms with Crippen LogP contribution in [0.15, 0.2) is 64.2 Å². The number of carbonyl (C=O) groups is 1. The van der Waals surface area contributed by atoms with Gasteiger partial charge in [0.05, 0.1) is 32.7 Å². The van der Waals surface area contributed by atoms with Gasteiger partial charge in [0.15, 0.2) is 0 Å². The Morgan fingerprint density at radius 2 is 1.79 bits per heavy atom. The first-order valence-electron chi connectivity index (χ1n) is 14.5. The molecule has 4 aromatic rings. The van der Waals surface area contributed by atoms with Crippen LogP contribution in [0.2, 0.25) is 0 Å². The Morgan fingerprint density at radius 1 is 1.09 bits per heavy atom. The number of nitro groups is 1. The minimum absolute atomic E-state index is 0.00441. The van der Waals surface area contributed by atoms with E-state index >= 15 is 0 Å². The van der Waals surface area contributed by atoms with Crippen LogP contribution in [0.5, 0.6) is 5.88 Å². The van der Waals surface area contributed by atoms with Gasteiger partial charge in [-0.25, -0.2) is 22.5 Å². The van der Waals surface area contributed by atoms with Crippen LogP contribution in [0.25, 0.3) is 0 Å². The molecule has 47 heavy (non-hydrogen) atoms. The van der Waals surface area contributed by atoms with Crippen LogP contribution in [0, 0.1) is 15.9 Å². The molecular weight excluding hydrogens is 701 g/mol. The van der Waals surface area contributed by atoms with Crippen LogP contribution in [0.3, 0.4) is 0 Å². The molecule has 0 atom stereocenters. The molecular formula is C29H33BrFN9O6S. The van der Waals surface area contributed by atoms with Crippen LogP contribution >= 0.6 is 15.9 Å². The molecule has 2 aromatic heterocycles. The third-order valence-electron chi connectivity index (χ3n) is 6.88. The van der Waals surface area contributed by atoms with Gasteiger partial charge in [0.1, 0.15) is 17.8 Å². The van der Waals surface area contributed by atoms with Crippen LogP contribution in [-0.2, 0) is 16.6 Å². The van der Waals surface area contributed by atoms with Crippen molar-refractivity contribution in [3.8, 4) is 5.88 Å². The SMILES string of the molecule is COc1nn(CCCCCCCCNS(=O)(=O)c2ccc(Nc3ncc(Br)c(Nc4cccc(F)c4C(N)=O)n3)cc2)cc1[N+](=O)[O-]. The van der Waals surface area contributed by atoms with Gasteiger partial charge < -0.3 is 21.1 Å². The first-order valence-corrected chi connectivity index (χ1v) is 16.8. The molecule has 18 heteroatoms. The average Bonchev–Trinajstić information content (AvgIpc) is 3.46. The molecule has 0 radical (unpaired) electrons. The summed E-state index contributed by atoms with van der Waals surface area (Å²) >= 11 is 3.32. The number of carbonyl (C=O) groups excluding carboxylic acids is 1. The van der Waals surface area contributed by atoms with Crippen molar-refractivity contribution in [2.24, 2.45) is 5.73 Å². The van der Waals surface area contributed by atoms with Gasteiger partial charge in [-0.1, -0.05) is 31.7 Å². The lowest BCUT2D eigenvalue weighted by molar-refractivity contribution is -0.385. The molecule has 15 nitrogen and oxygen atoms in total. The average molecular weight is 735 g/mol. The maximum Gasteiger partial charge on any atom is 0.350 e. The van der Waals surface area contributed by atoms with Gasteiger partial charge >= 0.3 is 11.6 Å². The number of rotatable bonds is 18. The third kappa shape index (κ3) is 9.66. The number of unbranched alkanes of at least 4 members (excludes halogenated alkanes) is 5. The number of primary amides is 1. The fraction of sp³-hybridized carbons (Fsp3) is 0.310. The molecule has 0 aliphatic heterocycles. The van der Waals surface area contributed by atoms with Gasteiger partial charge in [0.2, 0.25) is 16.0 Å². The smallest absolute Gasteiger partial charge is 0.350 e. The van der Waals surface area contributed by atoms with Crippen LogP contribution in [0.4, 0.5) is 33.2 Å². The van der Waals surface area contributed by atoms with Crippen LogP contribution < -0.4 is 25.8 Å². The molecule has 0 fully saturated rings. The van der Waals surface area contributed by atoms with Gasteiger partial charge in [-0.15, -0.1) is 5.10 Å². The van der Waals surface area contributed by atoms with Gasteiger partial charge in [-0.2, -0.15) is 4.98 Å². The van der Waals surface area contributed by atoms with E-state index in [-0.39, 0.29) is 39.5 Å². The van der Waals surface area contributed by atoms with Gasteiger partial charge in [0.25, 0.3) is 5.91 Å². The maximum absolute atomic E-state index is 14.2. The minimum Gasteiger partial charge on any atom is -0.475 e. The number of benzene rings is 2. The monoisotopic (exact) mass is 733 g/mol. The molecule has 4 rings (SSSR count). The van der Waals surface area contributed by atoms with Gasteiger partial charge in [0, 0.05) is 25.0 Å². The molecule has 0 saturated carbocycles. The number of amides is 1. The zero-order valence-electron chi connectivity index (χ0n) is 25.3. The Bertz CT molecular complexity index is 1820. The van der Waals surface area contributed by atoms with Crippen molar-refractivity contribution in [3.05, 3.63) is 80.8 Å². The topological polar surface area (TPSA) is 209 Å². The summed E-state index contributed by atoms with van der Waals surface area (Å²) in [6.45, 7) is 0.840. The van der Waals surface area contributed by atoms with E-state index in [0.29, 0.717) is 29.7 Å². The summed E-state index contributed by atoms with van der Waals surface area (Å²) in [6.07, 6.45) is 7.93. The number of aromatic nitrogens is 4. The number of halogens is 2. The fourth-order valence-electron chi connectivity index (χ4n) is 4.54. The highest BCUT2D eigenvalue weighted by molar-refractivity contribution is 9.10. The Morgan fingerprint density at radius 3 is 2.45 bits per heavy atom. The predicted octanol–water partition coefficient (Wildman–Crippen LogP) is 5.40. The quantitative estimate of drug-likeness (QED) is 0.0578. The number of anilines is 4. The van der Waals surface area contributed by atoms with E-state index < -0.39 is 26.7 Å². The second kappa shape index (κ2) is 16.2. The Hall–Kier alpha value is -4.68. The molecule has 250 valence electrons. The zero-order valence-corrected chi connectivity index (χ0v) is 27.7. The molecule has 0 aliphatic carbocycles. The van der Waals surface area contributed by atoms with Crippen molar-refractivity contribution in [2.45, 2.75) is 50.0 Å². The summed E-state index contributed by atoms with van der Waals surface area (Å²) in [5.74, 6) is -1.32. The highest BCUT2D eigenvalue weighted by atomic mass is 79.9. The number of hydrogen-bond donors (Lipinski definition) is 4. The van der Waals surface area contributed by atoms with Crippen LogP contribution in [0.1, 0.15) is 48.9 Å². The molecule has 5 N–H and O–H groups in total. The highest BCUT2D eigenvalue weighted by Crippen LogP contribution is 2.28. The number of methoxy groups -OCH3 is 1. The van der Waals surface area contributed by atoms with E-state index in [1.165, 1.54) is 48.5 Å². The second-order valence-electron chi connectivity index (χ2n) is 10.3. The first-order chi connectivity index (χ1) is 22.5. The number of ether oxygens (including phenoxy) is 1. The molecule has 0 spiro atoms. The summed E-state index contributed by atoms with van der Waals surface area (Å²) in [4.78, 5) is 30.9. The van der Waals surface area contributed by atoms with E-state index in [0.717, 1.165) is 38.2 Å². The summed E-state index contributed by atoms with van der Waals surface area (Å²) in [6, 6.07) is 10.1. The Labute approximate surface area is 278 Å². The normalized spacial score (nSPS) is 11.3. The van der Waals surface area contributed by atoms with E-state index in [9.17, 15) is 27.7 Å². The molecule has 0 saturated heterocycles. The lowest BCUT2D eigenvalue weighted by atomic mass is 10.1. The standard InChI is InChI=1S/C29H33BrFN9O6S/c1-46-28-24(40(42)43)18-39(38-28)16-7-5-3-2-4-6-15-34-47(44,45)20-13-11-19(12-14-20)35-29-33-17-21(30)27(37-29)36-23-10-8-9-22(31)25(23)26(32)41/h8-14,17-18,34H,2-7,15-16H2,1H3,(H2,32,41)(H2,33,35,36,37). The van der Waals surface area contributed by atoms with Crippen molar-refractivity contribution >= 4 is 60.7 Å². The lowest BCUT2D eigenvalue weighted by Crippen LogP contribution is -2.24. The van der Waals surface area contributed by atoms with E-state index in [1.54, 1.807) is 12.1 Å². The number of hydrogen-bond acceptors (Lipinski definition) is 11. The number of nitrogens with zero attached hydrogens (tertiary/aromatic N) is 5. The van der Waals surface area contributed by atoms with E-state index in [2.05, 4.69) is 46.4 Å². The summed E-state index contributed by atoms with van der Waals surface area (Å²) in [5.41, 5.74) is 5.51. The van der Waals surface area contributed by atoms with Crippen molar-refractivity contribution in [1.82, 2.24) is 24.5 Å². The van der Waals surface area contributed by atoms with Crippen molar-refractivity contribution < 1.29 is 27.3 Å². The molecule has 0 aliphatic rings. The predicted molar refractivity (Wildman–Crippen MR) is 176 cm³/mol. The van der Waals surface area contributed by atoms with Crippen molar-refractivity contribution in [3.63, 3.8) is 0 Å².